The molecule has 20 rings (SSSR count). The summed E-state index contributed by atoms with van der Waals surface area (Å²) in [4.78, 5) is 30.0. The van der Waals surface area contributed by atoms with Crippen LogP contribution in [-0.2, 0) is 0 Å². The molecule has 0 saturated carbocycles. The van der Waals surface area contributed by atoms with E-state index in [1.54, 1.807) is 0 Å². The highest BCUT2D eigenvalue weighted by atomic mass is 28.3. The minimum atomic E-state index is -1.47. The van der Waals surface area contributed by atoms with E-state index in [0.717, 1.165) is 88.6 Å². The molecule has 0 atom stereocenters. The van der Waals surface area contributed by atoms with E-state index >= 15 is 0 Å². The molecule has 0 aliphatic carbocycles. The summed E-state index contributed by atoms with van der Waals surface area (Å²) in [6.07, 6.45) is 0. The number of hydrogen-bond acceptors (Lipinski definition) is 6. The fraction of sp³-hybridized carbons (Fsp3) is 0.0323. The zero-order chi connectivity index (χ0) is 73.8. The highest BCUT2D eigenvalue weighted by molar-refractivity contribution is 6.88. The van der Waals surface area contributed by atoms with Crippen molar-refractivity contribution in [3.8, 4) is 91.1 Å². The fourth-order valence-electron chi connectivity index (χ4n) is 14.9. The van der Waals surface area contributed by atoms with Crippen LogP contribution in [0.4, 0.5) is 0 Å². The highest BCUT2D eigenvalue weighted by Gasteiger charge is 2.23. The SMILES string of the molecule is C[Si](C)(C)c1ccc(-c2nc(-c3ccc(-c4cccc(-n5c6ccccc6c6ccccc65)c4)cc3)nc(-n3c4ccccc4c4ccccc43)n2)cc1.[2H]c1c([2H])c([2H])c(-c2nc(-c3ccc(-c4cccc(-n5c6ccccc6c6ccccc65)c4)cc3)nc(-n3c4ccccc4c4ccccc43)n2)c([2H])c1[2H]. The van der Waals surface area contributed by atoms with Crippen molar-refractivity contribution >= 4 is 100 Å². The molecule has 0 N–H and O–H groups in total. The predicted octanol–water partition coefficient (Wildman–Crippen LogP) is 22.7. The Kier molecular flexibility index (Phi) is 13.7. The van der Waals surface area contributed by atoms with Gasteiger partial charge in [0.2, 0.25) is 11.9 Å². The van der Waals surface area contributed by atoms with E-state index in [2.05, 4.69) is 276 Å². The lowest BCUT2D eigenvalue weighted by atomic mass is 10.0. The van der Waals surface area contributed by atoms with Crippen LogP contribution in [0, 0.1) is 0 Å². The first-order valence-electron chi connectivity index (χ1n) is 37.3. The topological polar surface area (TPSA) is 97.1 Å². The van der Waals surface area contributed by atoms with E-state index in [-0.39, 0.29) is 29.4 Å². The number of hydrogen-bond donors (Lipinski definition) is 0. The molecule has 11 heteroatoms. The molecule has 6 aromatic heterocycles. The third kappa shape index (κ3) is 10.8. The molecule has 0 unspecified atom stereocenters. The second-order valence-electron chi connectivity index (χ2n) is 27.1. The zero-order valence-corrected chi connectivity index (χ0v) is 58.0. The molecular weight excluding hydrogens is 1290 g/mol. The first-order chi connectivity index (χ1) is 53.3. The van der Waals surface area contributed by atoms with Crippen molar-refractivity contribution in [3.05, 3.63) is 346 Å². The van der Waals surface area contributed by atoms with E-state index in [1.807, 2.05) is 77.4 Å². The smallest absolute Gasteiger partial charge is 0.238 e. The number of fused-ring (bicyclic) bond motifs is 12. The lowest BCUT2D eigenvalue weighted by Crippen LogP contribution is -2.37. The van der Waals surface area contributed by atoms with Crippen LogP contribution in [0.3, 0.4) is 0 Å². The molecule has 10 nitrogen and oxygen atoms in total. The maximum absolute atomic E-state index is 8.76. The van der Waals surface area contributed by atoms with Gasteiger partial charge in [-0.1, -0.05) is 298 Å². The van der Waals surface area contributed by atoms with Gasteiger partial charge in [-0.2, -0.15) is 19.9 Å². The van der Waals surface area contributed by atoms with Gasteiger partial charge in [0.05, 0.1) is 59.1 Å². The predicted molar refractivity (Wildman–Crippen MR) is 433 cm³/mol. The van der Waals surface area contributed by atoms with Crippen LogP contribution >= 0.6 is 0 Å². The quantitative estimate of drug-likeness (QED) is 0.120. The van der Waals surface area contributed by atoms with Crippen molar-refractivity contribution < 1.29 is 6.85 Å². The molecule has 6 heterocycles. The van der Waals surface area contributed by atoms with Gasteiger partial charge in [0, 0.05) is 76.7 Å². The Hall–Kier alpha value is -13.5. The van der Waals surface area contributed by atoms with Crippen LogP contribution in [0.1, 0.15) is 6.85 Å². The van der Waals surface area contributed by atoms with Gasteiger partial charge in [0.1, 0.15) is 0 Å². The van der Waals surface area contributed by atoms with Crippen molar-refractivity contribution in [1.29, 1.82) is 0 Å². The first kappa shape index (κ1) is 56.3. The molecule has 0 saturated heterocycles. The normalized spacial score (nSPS) is 12.5. The Balaban J connectivity index is 0.000000148. The zero-order valence-electron chi connectivity index (χ0n) is 62.0. The van der Waals surface area contributed by atoms with Crippen molar-refractivity contribution in [2.45, 2.75) is 19.6 Å². The molecular formula is C93H66N10Si. The van der Waals surface area contributed by atoms with E-state index in [9.17, 15) is 0 Å². The third-order valence-electron chi connectivity index (χ3n) is 19.9. The molecule has 0 radical (unpaired) electrons. The van der Waals surface area contributed by atoms with Gasteiger partial charge in [0.25, 0.3) is 0 Å². The summed E-state index contributed by atoms with van der Waals surface area (Å²) < 4.78 is 51.2. The van der Waals surface area contributed by atoms with Crippen molar-refractivity contribution in [1.82, 2.24) is 48.2 Å². The number of para-hydroxylation sites is 8. The molecule has 0 amide bonds. The molecule has 104 heavy (non-hydrogen) atoms. The molecule has 0 aliphatic heterocycles. The van der Waals surface area contributed by atoms with E-state index in [0.29, 0.717) is 29.0 Å². The second-order valence-corrected chi connectivity index (χ2v) is 32.2. The minimum Gasteiger partial charge on any atom is -0.309 e. The van der Waals surface area contributed by atoms with Crippen LogP contribution in [0.25, 0.3) is 178 Å². The van der Waals surface area contributed by atoms with Gasteiger partial charge in [-0.05, 0) is 95.1 Å². The van der Waals surface area contributed by atoms with Crippen LogP contribution in [-0.4, -0.2) is 56.2 Å². The Morgan fingerprint density at radius 3 is 0.788 bits per heavy atom. The third-order valence-corrected chi connectivity index (χ3v) is 21.9. The molecule has 14 aromatic carbocycles. The van der Waals surface area contributed by atoms with Gasteiger partial charge < -0.3 is 9.13 Å². The van der Waals surface area contributed by atoms with Gasteiger partial charge in [0.15, 0.2) is 23.3 Å². The molecule has 492 valence electrons. The average molecular weight is 1360 g/mol. The van der Waals surface area contributed by atoms with E-state index in [4.69, 9.17) is 36.8 Å². The number of rotatable bonds is 11. The van der Waals surface area contributed by atoms with Gasteiger partial charge in [-0.25, -0.2) is 9.97 Å². The molecule has 0 aliphatic rings. The van der Waals surface area contributed by atoms with Crippen LogP contribution < -0.4 is 5.19 Å². The summed E-state index contributed by atoms with van der Waals surface area (Å²) >= 11 is 0. The monoisotopic (exact) mass is 1360 g/mol. The number of aromatic nitrogens is 10. The second kappa shape index (κ2) is 25.3. The Labute approximate surface area is 608 Å². The van der Waals surface area contributed by atoms with Crippen molar-refractivity contribution in [3.63, 3.8) is 0 Å². The van der Waals surface area contributed by atoms with Crippen LogP contribution in [0.5, 0.6) is 0 Å². The number of benzene rings is 14. The fourth-order valence-corrected chi connectivity index (χ4v) is 16.0. The standard InChI is InChI=1S/C48H37N5Si.C45H29N5/c1-54(2,3)37-29-27-34(28-30-37)47-49-46(50-48(51-47)53-44-21-10-6-17-40(44)41-18-7-11-22-45(41)53)33-25-23-32(24-26-33)35-13-12-14-36(31-35)52-42-19-8-4-15-38(42)39-16-5-9-20-43(39)52;1-2-13-31(14-3-1)43-46-44(48-45(47-43)50-41-23-10-6-19-37(41)38-20-7-11-24-42(38)50)32-27-25-30(26-28-32)33-15-12-16-34(29-33)49-39-21-8-4-17-35(39)36-18-5-9-22-40(36)49/h4-31H,1-3H3;1-29H/i;1D,2D,3D,13D,14D. The maximum atomic E-state index is 8.76. The summed E-state index contributed by atoms with van der Waals surface area (Å²) in [6.45, 7) is 7.11. The molecule has 20 aromatic rings. The Bertz CT molecular complexity index is 6800. The largest absolute Gasteiger partial charge is 0.309 e. The lowest BCUT2D eigenvalue weighted by molar-refractivity contribution is 0.953. The van der Waals surface area contributed by atoms with Gasteiger partial charge in [-0.15, -0.1) is 0 Å². The summed E-state index contributed by atoms with van der Waals surface area (Å²) in [7, 11) is -1.47. The Morgan fingerprint density at radius 2 is 0.490 bits per heavy atom. The Morgan fingerprint density at radius 1 is 0.231 bits per heavy atom. The van der Waals surface area contributed by atoms with E-state index < -0.39 is 26.2 Å². The summed E-state index contributed by atoms with van der Waals surface area (Å²) in [5.41, 5.74) is 17.5. The first-order valence-corrected chi connectivity index (χ1v) is 38.3. The summed E-state index contributed by atoms with van der Waals surface area (Å²) in [5, 5.41) is 10.7. The summed E-state index contributed by atoms with van der Waals surface area (Å²) in [5.74, 6) is 2.46. The molecule has 0 fully saturated rings. The lowest BCUT2D eigenvalue weighted by Gasteiger charge is -2.17. The van der Waals surface area contributed by atoms with Crippen molar-refractivity contribution in [2.24, 2.45) is 0 Å². The maximum Gasteiger partial charge on any atom is 0.238 e. The van der Waals surface area contributed by atoms with Crippen molar-refractivity contribution in [2.75, 3.05) is 0 Å². The highest BCUT2D eigenvalue weighted by Crippen LogP contribution is 2.39. The minimum absolute atomic E-state index is 0.0122. The van der Waals surface area contributed by atoms with Gasteiger partial charge in [-0.3, -0.25) is 9.13 Å². The number of nitrogens with zero attached hydrogens (tertiary/aromatic N) is 10. The summed E-state index contributed by atoms with van der Waals surface area (Å²) in [6, 6.07) is 108. The molecule has 0 spiro atoms. The molecule has 0 bridgehead atoms. The van der Waals surface area contributed by atoms with Crippen LogP contribution in [0.2, 0.25) is 19.6 Å². The van der Waals surface area contributed by atoms with Gasteiger partial charge >= 0.3 is 0 Å². The van der Waals surface area contributed by atoms with Crippen LogP contribution in [0.15, 0.2) is 346 Å². The van der Waals surface area contributed by atoms with E-state index in [1.165, 1.54) is 48.5 Å². The average Bonchev–Trinajstić information content (AvgIpc) is 1.66.